The predicted octanol–water partition coefficient (Wildman–Crippen LogP) is 1.22. The summed E-state index contributed by atoms with van der Waals surface area (Å²) in [6, 6.07) is 5.97. The number of carbonyl (C=O) groups excluding carboxylic acids is 3. The van der Waals surface area contributed by atoms with Crippen LogP contribution >= 0.6 is 11.6 Å². The number of halogens is 1. The maximum atomic E-state index is 13.8. The van der Waals surface area contributed by atoms with Crippen molar-refractivity contribution in [2.45, 2.75) is 33.2 Å². The zero-order valence-electron chi connectivity index (χ0n) is 20.1. The number of ether oxygens (including phenoxy) is 1. The maximum absolute atomic E-state index is 13.8. The quantitative estimate of drug-likeness (QED) is 0.252. The molecule has 0 saturated carbocycles. The van der Waals surface area contributed by atoms with Crippen molar-refractivity contribution in [2.75, 3.05) is 33.8 Å². The van der Waals surface area contributed by atoms with Gasteiger partial charge in [-0.1, -0.05) is 29.5 Å². The van der Waals surface area contributed by atoms with E-state index in [4.69, 9.17) is 16.3 Å². The molecule has 2 heterocycles. The predicted molar refractivity (Wildman–Crippen MR) is 126 cm³/mol. The zero-order valence-corrected chi connectivity index (χ0v) is 20.8. The standard InChI is InChI=1S/C25H30ClN3O5/c1-6-34-25(33)20-14(2)18(15(3)27-20)22(30)19-21(16-9-7-10-17(26)13-16)29(24(32)23(19)31)12-8-11-28(4)5/h7,9-10,13,21,27,30H,6,8,11-12H2,1-5H3. The van der Waals surface area contributed by atoms with Crippen LogP contribution in [0, 0.1) is 13.8 Å². The monoisotopic (exact) mass is 487 g/mol. The molecule has 1 aliphatic heterocycles. The van der Waals surface area contributed by atoms with Gasteiger partial charge in [0, 0.05) is 29.3 Å². The zero-order chi connectivity index (χ0) is 25.2. The summed E-state index contributed by atoms with van der Waals surface area (Å²) < 4.78 is 5.07. The Morgan fingerprint density at radius 2 is 1.97 bits per heavy atom. The fourth-order valence-corrected chi connectivity index (χ4v) is 4.56. The molecule has 1 aromatic heterocycles. The molecular formula is C25H30ClN3O5. The van der Waals surface area contributed by atoms with Gasteiger partial charge in [0.05, 0.1) is 33.3 Å². The highest BCUT2D eigenvalue weighted by atomic mass is 35.5. The second-order valence-corrected chi connectivity index (χ2v) is 9.12. The van der Waals surface area contributed by atoms with Gasteiger partial charge in [-0.2, -0.15) is 0 Å². The first-order chi connectivity index (χ1) is 16.1. The number of amides is 1. The van der Waals surface area contributed by atoms with Gasteiger partial charge in [0.15, 0.2) is 0 Å². The van der Waals surface area contributed by atoms with Crippen LogP contribution < -0.4 is 10.0 Å². The van der Waals surface area contributed by atoms with Crippen LogP contribution in [-0.2, 0) is 14.3 Å². The highest BCUT2D eigenvalue weighted by molar-refractivity contribution is 6.46. The number of nitrogens with zero attached hydrogens (tertiary/aromatic N) is 1. The molecule has 0 bridgehead atoms. The Balaban J connectivity index is 2.16. The Morgan fingerprint density at radius 1 is 1.26 bits per heavy atom. The first kappa shape index (κ1) is 25.5. The lowest BCUT2D eigenvalue weighted by Crippen LogP contribution is -3.05. The Bertz CT molecular complexity index is 1150. The van der Waals surface area contributed by atoms with E-state index in [-0.39, 0.29) is 23.4 Å². The van der Waals surface area contributed by atoms with Crippen LogP contribution in [-0.4, -0.2) is 61.3 Å². The molecule has 1 aliphatic rings. The summed E-state index contributed by atoms with van der Waals surface area (Å²) in [7, 11) is 4.01. The molecule has 2 N–H and O–H groups in total. The third-order valence-electron chi connectivity index (χ3n) is 5.91. The average Bonchev–Trinajstić information content (AvgIpc) is 3.21. The number of nitrogens with one attached hydrogen (secondary N) is 2. The van der Waals surface area contributed by atoms with Gasteiger partial charge < -0.3 is 24.6 Å². The normalized spacial score (nSPS) is 17.6. The van der Waals surface area contributed by atoms with Crippen molar-refractivity contribution in [1.82, 2.24) is 9.88 Å². The summed E-state index contributed by atoms with van der Waals surface area (Å²) in [6.07, 6.45) is 0.662. The molecule has 1 aromatic carbocycles. The van der Waals surface area contributed by atoms with E-state index < -0.39 is 29.5 Å². The lowest BCUT2D eigenvalue weighted by Gasteiger charge is -2.28. The summed E-state index contributed by atoms with van der Waals surface area (Å²) in [5, 5.41) is 14.2. The average molecular weight is 488 g/mol. The molecule has 2 aromatic rings. The molecular weight excluding hydrogens is 458 g/mol. The van der Waals surface area contributed by atoms with Crippen molar-refractivity contribution in [3.63, 3.8) is 0 Å². The molecule has 34 heavy (non-hydrogen) atoms. The minimum absolute atomic E-state index is 0.134. The molecule has 0 radical (unpaired) electrons. The first-order valence-electron chi connectivity index (χ1n) is 11.3. The van der Waals surface area contributed by atoms with Crippen LogP contribution in [0.4, 0.5) is 0 Å². The van der Waals surface area contributed by atoms with Crippen molar-refractivity contribution < 1.29 is 29.1 Å². The topological polar surface area (TPSA) is 107 Å². The highest BCUT2D eigenvalue weighted by Crippen LogP contribution is 2.40. The number of rotatable bonds is 8. The van der Waals surface area contributed by atoms with Gasteiger partial charge in [-0.05, 0) is 49.6 Å². The molecule has 3 rings (SSSR count). The smallest absolute Gasteiger partial charge is 0.355 e. The summed E-state index contributed by atoms with van der Waals surface area (Å²) in [4.78, 5) is 44.1. The number of aromatic amines is 1. The van der Waals surface area contributed by atoms with Crippen molar-refractivity contribution in [1.29, 1.82) is 0 Å². The molecule has 0 spiro atoms. The van der Waals surface area contributed by atoms with E-state index >= 15 is 0 Å². The van der Waals surface area contributed by atoms with Crippen LogP contribution in [0.3, 0.4) is 0 Å². The Morgan fingerprint density at radius 3 is 2.59 bits per heavy atom. The van der Waals surface area contributed by atoms with Gasteiger partial charge in [-0.25, -0.2) is 4.79 Å². The van der Waals surface area contributed by atoms with E-state index in [0.717, 1.165) is 6.54 Å². The van der Waals surface area contributed by atoms with Crippen LogP contribution in [0.1, 0.15) is 52.3 Å². The second kappa shape index (κ2) is 10.4. The van der Waals surface area contributed by atoms with Crippen LogP contribution in [0.2, 0.25) is 5.02 Å². The number of benzene rings is 1. The molecule has 1 fully saturated rings. The molecule has 9 heteroatoms. The third-order valence-corrected chi connectivity index (χ3v) is 6.15. The molecule has 182 valence electrons. The van der Waals surface area contributed by atoms with E-state index in [9.17, 15) is 19.5 Å². The van der Waals surface area contributed by atoms with E-state index in [0.29, 0.717) is 34.8 Å². The third kappa shape index (κ3) is 4.88. The molecule has 1 unspecified atom stereocenters. The van der Waals surface area contributed by atoms with Gasteiger partial charge in [-0.15, -0.1) is 0 Å². The van der Waals surface area contributed by atoms with E-state index in [1.807, 2.05) is 14.1 Å². The number of hydrogen-bond acceptors (Lipinski definition) is 5. The van der Waals surface area contributed by atoms with Gasteiger partial charge in [0.1, 0.15) is 5.69 Å². The number of H-pyrrole nitrogens is 1. The van der Waals surface area contributed by atoms with Crippen molar-refractivity contribution >= 4 is 35.0 Å². The Labute approximate surface area is 204 Å². The number of esters is 1. The number of Topliss-reactive ketones (excluding diaryl/α,β-unsaturated/α-hetero) is 1. The van der Waals surface area contributed by atoms with E-state index in [1.165, 1.54) is 9.80 Å². The number of likely N-dealkylation sites (tertiary alicyclic amines) is 1. The minimum atomic E-state index is -0.858. The number of ketones is 1. The molecule has 0 aliphatic carbocycles. The van der Waals surface area contributed by atoms with Gasteiger partial charge >= 0.3 is 5.97 Å². The summed E-state index contributed by atoms with van der Waals surface area (Å²) in [5.41, 5.74) is 1.62. The number of carbonyl (C=O) groups is 3. The number of quaternary nitrogens is 1. The van der Waals surface area contributed by atoms with Gasteiger partial charge in [0.25, 0.3) is 5.91 Å². The van der Waals surface area contributed by atoms with E-state index in [1.54, 1.807) is 45.0 Å². The SMILES string of the molecule is CCOC(=O)c1[nH]c(C)c(C([O-])=C2C(=O)C(=O)N(CCC[NH+](C)C)C2c2cccc(Cl)c2)c1C. The van der Waals surface area contributed by atoms with Gasteiger partial charge in [0.2, 0.25) is 5.78 Å². The minimum Gasteiger partial charge on any atom is -0.872 e. The fourth-order valence-electron chi connectivity index (χ4n) is 4.36. The number of aromatic nitrogens is 1. The van der Waals surface area contributed by atoms with Crippen LogP contribution in [0.25, 0.3) is 5.76 Å². The Hall–Kier alpha value is -3.10. The van der Waals surface area contributed by atoms with Crippen molar-refractivity contribution in [3.8, 4) is 0 Å². The van der Waals surface area contributed by atoms with Crippen molar-refractivity contribution in [3.05, 3.63) is 62.9 Å². The maximum Gasteiger partial charge on any atom is 0.355 e. The fraction of sp³-hybridized carbons (Fsp3) is 0.400. The molecule has 1 saturated heterocycles. The number of aryl methyl sites for hydroxylation is 1. The summed E-state index contributed by atoms with van der Waals surface area (Å²) in [5.74, 6) is -2.70. The molecule has 1 amide bonds. The Kier molecular flexibility index (Phi) is 7.84. The van der Waals surface area contributed by atoms with Crippen molar-refractivity contribution in [2.24, 2.45) is 0 Å². The highest BCUT2D eigenvalue weighted by Gasteiger charge is 2.44. The van der Waals surface area contributed by atoms with Crippen LogP contribution in [0.15, 0.2) is 29.8 Å². The lowest BCUT2D eigenvalue weighted by atomic mass is 9.94. The van der Waals surface area contributed by atoms with Gasteiger partial charge in [-0.3, -0.25) is 9.59 Å². The first-order valence-corrected chi connectivity index (χ1v) is 11.6. The molecule has 1 atom stereocenters. The lowest BCUT2D eigenvalue weighted by molar-refractivity contribution is -0.858. The summed E-state index contributed by atoms with van der Waals surface area (Å²) >= 11 is 6.21. The summed E-state index contributed by atoms with van der Waals surface area (Å²) in [6.45, 7) is 6.26. The van der Waals surface area contributed by atoms with E-state index in [2.05, 4.69) is 4.98 Å². The number of hydrogen-bond donors (Lipinski definition) is 2. The molecule has 8 nitrogen and oxygen atoms in total. The second-order valence-electron chi connectivity index (χ2n) is 8.68. The van der Waals surface area contributed by atoms with Crippen LogP contribution in [0.5, 0.6) is 0 Å². The largest absolute Gasteiger partial charge is 0.872 e.